The summed E-state index contributed by atoms with van der Waals surface area (Å²) in [6.45, 7) is 6.88. The smallest absolute Gasteiger partial charge is 0.258 e. The minimum absolute atomic E-state index is 0.168. The number of nitrogen functional groups attached to an aromatic ring is 1. The Kier molecular flexibility index (Phi) is 3.47. The van der Waals surface area contributed by atoms with Crippen LogP contribution in [-0.2, 0) is 0 Å². The molecule has 0 aliphatic heterocycles. The molecule has 0 bridgehead atoms. The second-order valence-electron chi connectivity index (χ2n) is 7.06. The maximum Gasteiger partial charge on any atom is 0.258 e. The zero-order valence-corrected chi connectivity index (χ0v) is 13.0. The van der Waals surface area contributed by atoms with E-state index in [-0.39, 0.29) is 6.10 Å². The van der Waals surface area contributed by atoms with E-state index in [4.69, 9.17) is 10.5 Å². The number of para-hydroxylation sites is 2. The molecule has 2 atom stereocenters. The van der Waals surface area contributed by atoms with E-state index in [2.05, 4.69) is 30.7 Å². The molecule has 0 saturated heterocycles. The Balaban J connectivity index is 1.85. The molecule has 1 aliphatic rings. The largest absolute Gasteiger partial charge is 0.472 e. The lowest BCUT2D eigenvalue weighted by molar-refractivity contribution is 0.0538. The minimum Gasteiger partial charge on any atom is -0.472 e. The van der Waals surface area contributed by atoms with E-state index in [0.717, 1.165) is 23.9 Å². The van der Waals surface area contributed by atoms with Crippen LogP contribution in [0.2, 0.25) is 0 Å². The van der Waals surface area contributed by atoms with E-state index in [0.29, 0.717) is 23.0 Å². The van der Waals surface area contributed by atoms with Gasteiger partial charge in [-0.1, -0.05) is 32.9 Å². The molecule has 1 heterocycles. The fourth-order valence-electron chi connectivity index (χ4n) is 3.59. The van der Waals surface area contributed by atoms with Gasteiger partial charge in [-0.2, -0.15) is 0 Å². The predicted molar refractivity (Wildman–Crippen MR) is 85.2 cm³/mol. The summed E-state index contributed by atoms with van der Waals surface area (Å²) >= 11 is 0. The van der Waals surface area contributed by atoms with Gasteiger partial charge in [-0.05, 0) is 42.7 Å². The third kappa shape index (κ3) is 3.09. The summed E-state index contributed by atoms with van der Waals surface area (Å²) in [6, 6.07) is 7.72. The van der Waals surface area contributed by atoms with E-state index in [1.807, 2.05) is 24.3 Å². The normalized spacial score (nSPS) is 24.9. The zero-order chi connectivity index (χ0) is 15.0. The predicted octanol–water partition coefficient (Wildman–Crippen LogP) is 3.81. The molecule has 21 heavy (non-hydrogen) atoms. The van der Waals surface area contributed by atoms with Crippen molar-refractivity contribution in [2.75, 3.05) is 5.73 Å². The summed E-state index contributed by atoms with van der Waals surface area (Å²) in [5.41, 5.74) is 7.94. The molecule has 2 N–H and O–H groups in total. The highest BCUT2D eigenvalue weighted by molar-refractivity contribution is 5.76. The monoisotopic (exact) mass is 285 g/mol. The van der Waals surface area contributed by atoms with Crippen LogP contribution in [0.1, 0.15) is 40.0 Å². The van der Waals surface area contributed by atoms with Crippen molar-refractivity contribution in [3.8, 4) is 5.88 Å². The first kappa shape index (κ1) is 14.1. The number of rotatable bonds is 2. The Bertz CT molecular complexity index is 654. The van der Waals surface area contributed by atoms with Gasteiger partial charge in [-0.15, -0.1) is 0 Å². The Morgan fingerprint density at radius 1 is 1.14 bits per heavy atom. The molecule has 2 aromatic rings. The van der Waals surface area contributed by atoms with Crippen LogP contribution in [0.25, 0.3) is 11.0 Å². The Hall–Kier alpha value is -1.84. The number of nitrogens with two attached hydrogens (primary N) is 1. The van der Waals surface area contributed by atoms with Gasteiger partial charge in [0.15, 0.2) is 5.82 Å². The maximum absolute atomic E-state index is 6.10. The van der Waals surface area contributed by atoms with Crippen molar-refractivity contribution >= 4 is 16.9 Å². The summed E-state index contributed by atoms with van der Waals surface area (Å²) in [7, 11) is 0. The number of anilines is 1. The highest BCUT2D eigenvalue weighted by Crippen LogP contribution is 2.40. The van der Waals surface area contributed by atoms with Gasteiger partial charge < -0.3 is 10.5 Å². The highest BCUT2D eigenvalue weighted by Gasteiger charge is 2.33. The van der Waals surface area contributed by atoms with E-state index in [1.54, 1.807) is 0 Å². The molecular weight excluding hydrogens is 262 g/mol. The average molecular weight is 285 g/mol. The molecule has 112 valence electrons. The number of nitrogens with zero attached hydrogens (tertiary/aromatic N) is 2. The molecule has 1 aromatic carbocycles. The molecule has 1 saturated carbocycles. The molecule has 4 heteroatoms. The van der Waals surface area contributed by atoms with E-state index < -0.39 is 0 Å². The van der Waals surface area contributed by atoms with Crippen LogP contribution in [-0.4, -0.2) is 16.1 Å². The summed E-state index contributed by atoms with van der Waals surface area (Å²) in [4.78, 5) is 8.92. The first-order valence-electron chi connectivity index (χ1n) is 7.62. The number of benzene rings is 1. The molecule has 0 radical (unpaired) electrons. The minimum atomic E-state index is 0.168. The molecule has 3 rings (SSSR count). The van der Waals surface area contributed by atoms with Crippen LogP contribution in [0.3, 0.4) is 0 Å². The molecule has 1 aliphatic carbocycles. The number of hydrogen-bond acceptors (Lipinski definition) is 4. The van der Waals surface area contributed by atoms with Crippen LogP contribution in [0, 0.1) is 11.3 Å². The summed E-state index contributed by atoms with van der Waals surface area (Å²) < 4.78 is 6.10. The highest BCUT2D eigenvalue weighted by atomic mass is 16.5. The fraction of sp³-hybridized carbons (Fsp3) is 0.529. The van der Waals surface area contributed by atoms with Crippen molar-refractivity contribution in [1.82, 2.24) is 9.97 Å². The number of hydrogen-bond donors (Lipinski definition) is 1. The lowest BCUT2D eigenvalue weighted by Crippen LogP contribution is -2.34. The van der Waals surface area contributed by atoms with Crippen molar-refractivity contribution in [1.29, 1.82) is 0 Å². The summed E-state index contributed by atoms with van der Waals surface area (Å²) in [5.74, 6) is 1.52. The van der Waals surface area contributed by atoms with E-state index >= 15 is 0 Å². The number of ether oxygens (including phenoxy) is 1. The Labute approximate surface area is 125 Å². The molecule has 4 nitrogen and oxygen atoms in total. The van der Waals surface area contributed by atoms with Gasteiger partial charge in [0.1, 0.15) is 6.10 Å². The first-order valence-corrected chi connectivity index (χ1v) is 7.62. The van der Waals surface area contributed by atoms with Crippen molar-refractivity contribution in [2.24, 2.45) is 11.3 Å². The quantitative estimate of drug-likeness (QED) is 0.911. The van der Waals surface area contributed by atoms with Crippen molar-refractivity contribution in [3.63, 3.8) is 0 Å². The van der Waals surface area contributed by atoms with E-state index in [1.165, 1.54) is 6.42 Å². The van der Waals surface area contributed by atoms with Gasteiger partial charge in [0.25, 0.3) is 5.88 Å². The number of fused-ring (bicyclic) bond motifs is 1. The van der Waals surface area contributed by atoms with E-state index in [9.17, 15) is 0 Å². The summed E-state index contributed by atoms with van der Waals surface area (Å²) in [6.07, 6.45) is 3.50. The third-order valence-electron chi connectivity index (χ3n) is 4.19. The Morgan fingerprint density at radius 3 is 2.48 bits per heavy atom. The number of aromatic nitrogens is 2. The van der Waals surface area contributed by atoms with Crippen LogP contribution in [0.15, 0.2) is 24.3 Å². The average Bonchev–Trinajstić information content (AvgIpc) is 2.37. The second-order valence-corrected chi connectivity index (χ2v) is 7.06. The molecule has 0 amide bonds. The van der Waals surface area contributed by atoms with Crippen molar-refractivity contribution in [3.05, 3.63) is 24.3 Å². The topological polar surface area (TPSA) is 61.0 Å². The lowest BCUT2D eigenvalue weighted by atomic mass is 9.71. The fourth-order valence-corrected chi connectivity index (χ4v) is 3.59. The van der Waals surface area contributed by atoms with Crippen LogP contribution in [0.5, 0.6) is 5.88 Å². The molecule has 0 spiro atoms. The van der Waals surface area contributed by atoms with Gasteiger partial charge in [0, 0.05) is 0 Å². The van der Waals surface area contributed by atoms with Gasteiger partial charge in [-0.25, -0.2) is 9.97 Å². The molecule has 1 fully saturated rings. The second kappa shape index (κ2) is 5.17. The third-order valence-corrected chi connectivity index (χ3v) is 4.19. The van der Waals surface area contributed by atoms with Crippen molar-refractivity contribution in [2.45, 2.75) is 46.1 Å². The van der Waals surface area contributed by atoms with Crippen LogP contribution in [0.4, 0.5) is 5.82 Å². The molecule has 2 unspecified atom stereocenters. The van der Waals surface area contributed by atoms with Gasteiger partial charge in [0.05, 0.1) is 11.0 Å². The molecule has 1 aromatic heterocycles. The van der Waals surface area contributed by atoms with Crippen LogP contribution >= 0.6 is 0 Å². The van der Waals surface area contributed by atoms with Gasteiger partial charge >= 0.3 is 0 Å². The van der Waals surface area contributed by atoms with Crippen LogP contribution < -0.4 is 10.5 Å². The standard InChI is InChI=1S/C17H23N3O/c1-11-8-12(10-17(2,3)9-11)21-16-15(18)19-13-6-4-5-7-14(13)20-16/h4-7,11-12H,8-10H2,1-3H3,(H2,18,19). The summed E-state index contributed by atoms with van der Waals surface area (Å²) in [5, 5.41) is 0. The lowest BCUT2D eigenvalue weighted by Gasteiger charge is -2.38. The van der Waals surface area contributed by atoms with Crippen molar-refractivity contribution < 1.29 is 4.74 Å². The zero-order valence-electron chi connectivity index (χ0n) is 13.0. The Morgan fingerprint density at radius 2 is 1.81 bits per heavy atom. The maximum atomic E-state index is 6.10. The molecular formula is C17H23N3O. The van der Waals surface area contributed by atoms with Gasteiger partial charge in [0.2, 0.25) is 0 Å². The first-order chi connectivity index (χ1) is 9.93. The SMILES string of the molecule is CC1CC(Oc2nc3ccccc3nc2N)CC(C)(C)C1. The van der Waals surface area contributed by atoms with Gasteiger partial charge in [-0.3, -0.25) is 0 Å².